The molecule has 0 fully saturated rings. The van der Waals surface area contributed by atoms with Crippen molar-refractivity contribution in [3.63, 3.8) is 0 Å². The SMILES string of the molecule is C=CC(=O)Oc1ccc(N=Nc2ccc(S(=O)(=O)O)cc2)cc1. The summed E-state index contributed by atoms with van der Waals surface area (Å²) in [5, 5.41) is 7.89. The lowest BCUT2D eigenvalue weighted by molar-refractivity contribution is -0.128. The molecule has 0 radical (unpaired) electrons. The van der Waals surface area contributed by atoms with Gasteiger partial charge in [-0.1, -0.05) is 6.58 Å². The van der Waals surface area contributed by atoms with Crippen LogP contribution in [0.25, 0.3) is 0 Å². The van der Waals surface area contributed by atoms with Crippen LogP contribution in [0.4, 0.5) is 11.4 Å². The van der Waals surface area contributed by atoms with E-state index in [-0.39, 0.29) is 4.90 Å². The molecule has 0 saturated carbocycles. The first-order valence-corrected chi connectivity index (χ1v) is 7.76. The van der Waals surface area contributed by atoms with Crippen LogP contribution in [-0.2, 0) is 14.9 Å². The van der Waals surface area contributed by atoms with Gasteiger partial charge in [-0.05, 0) is 48.5 Å². The summed E-state index contributed by atoms with van der Waals surface area (Å²) in [6, 6.07) is 11.6. The number of ether oxygens (including phenoxy) is 1. The molecule has 0 bridgehead atoms. The van der Waals surface area contributed by atoms with E-state index in [1.807, 2.05) is 0 Å². The summed E-state index contributed by atoms with van der Waals surface area (Å²) in [6.07, 6.45) is 1.06. The van der Waals surface area contributed by atoms with Crippen molar-refractivity contribution < 1.29 is 22.5 Å². The quantitative estimate of drug-likeness (QED) is 0.297. The second-order valence-corrected chi connectivity index (χ2v) is 5.71. The summed E-state index contributed by atoms with van der Waals surface area (Å²) in [6.45, 7) is 3.30. The zero-order valence-corrected chi connectivity index (χ0v) is 12.6. The highest BCUT2D eigenvalue weighted by Crippen LogP contribution is 2.22. The molecular weight excluding hydrogens is 320 g/mol. The third-order valence-electron chi connectivity index (χ3n) is 2.64. The summed E-state index contributed by atoms with van der Waals surface area (Å²) in [4.78, 5) is 10.8. The highest BCUT2D eigenvalue weighted by molar-refractivity contribution is 7.85. The molecule has 0 aliphatic heterocycles. The van der Waals surface area contributed by atoms with E-state index in [2.05, 4.69) is 16.8 Å². The number of carbonyl (C=O) groups is 1. The maximum absolute atomic E-state index is 11.0. The van der Waals surface area contributed by atoms with E-state index in [1.165, 1.54) is 24.3 Å². The molecule has 2 aromatic rings. The summed E-state index contributed by atoms with van der Waals surface area (Å²) in [5.74, 6) is -0.204. The number of azo groups is 1. The van der Waals surface area contributed by atoms with Crippen molar-refractivity contribution in [2.75, 3.05) is 0 Å². The van der Waals surface area contributed by atoms with Crippen molar-refractivity contribution in [1.82, 2.24) is 0 Å². The van der Waals surface area contributed by atoms with Gasteiger partial charge in [-0.3, -0.25) is 4.55 Å². The number of carbonyl (C=O) groups excluding carboxylic acids is 1. The Bertz CT molecular complexity index is 840. The average molecular weight is 332 g/mol. The van der Waals surface area contributed by atoms with E-state index in [4.69, 9.17) is 9.29 Å². The molecule has 8 heteroatoms. The Balaban J connectivity index is 2.08. The molecule has 1 N–H and O–H groups in total. The topological polar surface area (TPSA) is 105 Å². The highest BCUT2D eigenvalue weighted by Gasteiger charge is 2.08. The van der Waals surface area contributed by atoms with Gasteiger partial charge in [0.15, 0.2) is 0 Å². The van der Waals surface area contributed by atoms with Gasteiger partial charge in [0.05, 0.1) is 16.3 Å². The Morgan fingerprint density at radius 2 is 1.48 bits per heavy atom. The lowest BCUT2D eigenvalue weighted by Gasteiger charge is -2.00. The van der Waals surface area contributed by atoms with Gasteiger partial charge < -0.3 is 4.74 Å². The lowest BCUT2D eigenvalue weighted by atomic mass is 10.3. The molecule has 0 aliphatic carbocycles. The van der Waals surface area contributed by atoms with E-state index in [0.29, 0.717) is 17.1 Å². The number of benzene rings is 2. The molecule has 0 atom stereocenters. The predicted molar refractivity (Wildman–Crippen MR) is 82.7 cm³/mol. The van der Waals surface area contributed by atoms with Crippen molar-refractivity contribution in [2.24, 2.45) is 10.2 Å². The average Bonchev–Trinajstić information content (AvgIpc) is 2.53. The minimum Gasteiger partial charge on any atom is -0.423 e. The first kappa shape index (κ1) is 16.5. The summed E-state index contributed by atoms with van der Waals surface area (Å²) >= 11 is 0. The first-order chi connectivity index (χ1) is 10.9. The van der Waals surface area contributed by atoms with Gasteiger partial charge in [0.1, 0.15) is 5.75 Å². The van der Waals surface area contributed by atoms with Crippen LogP contribution in [-0.4, -0.2) is 18.9 Å². The van der Waals surface area contributed by atoms with Crippen molar-refractivity contribution >= 4 is 27.5 Å². The summed E-state index contributed by atoms with van der Waals surface area (Å²) < 4.78 is 35.6. The fourth-order valence-corrected chi connectivity index (χ4v) is 2.02. The van der Waals surface area contributed by atoms with Crippen LogP contribution in [0.1, 0.15) is 0 Å². The second-order valence-electron chi connectivity index (χ2n) is 4.29. The molecule has 23 heavy (non-hydrogen) atoms. The molecule has 0 aliphatic rings. The van der Waals surface area contributed by atoms with Crippen LogP contribution in [0, 0.1) is 0 Å². The van der Waals surface area contributed by atoms with Crippen molar-refractivity contribution in [2.45, 2.75) is 4.90 Å². The molecule has 2 rings (SSSR count). The Hall–Kier alpha value is -2.84. The van der Waals surface area contributed by atoms with Crippen LogP contribution >= 0.6 is 0 Å². The lowest BCUT2D eigenvalue weighted by Crippen LogP contribution is -2.02. The molecule has 0 heterocycles. The van der Waals surface area contributed by atoms with Crippen molar-refractivity contribution in [1.29, 1.82) is 0 Å². The van der Waals surface area contributed by atoms with Crippen LogP contribution in [0.5, 0.6) is 5.75 Å². The zero-order valence-electron chi connectivity index (χ0n) is 11.8. The van der Waals surface area contributed by atoms with E-state index in [1.54, 1.807) is 24.3 Å². The van der Waals surface area contributed by atoms with Crippen LogP contribution in [0.2, 0.25) is 0 Å². The number of hydrogen-bond acceptors (Lipinski definition) is 6. The molecule has 118 valence electrons. The standard InChI is InChI=1S/C15H12N2O5S/c1-2-15(18)22-13-7-3-11(4-8-13)16-17-12-5-9-14(10-6-12)23(19,20)21/h2-10H,1H2,(H,19,20,21). The molecule has 0 unspecified atom stereocenters. The largest absolute Gasteiger partial charge is 0.423 e. The first-order valence-electron chi connectivity index (χ1n) is 6.32. The van der Waals surface area contributed by atoms with Crippen LogP contribution in [0.15, 0.2) is 76.3 Å². The Kier molecular flexibility index (Phi) is 4.99. The Morgan fingerprint density at radius 3 is 1.91 bits per heavy atom. The van der Waals surface area contributed by atoms with E-state index in [0.717, 1.165) is 6.08 Å². The third kappa shape index (κ3) is 4.83. The van der Waals surface area contributed by atoms with Crippen LogP contribution < -0.4 is 4.74 Å². The monoisotopic (exact) mass is 332 g/mol. The summed E-state index contributed by atoms with van der Waals surface area (Å²) in [5.41, 5.74) is 0.932. The number of rotatable bonds is 5. The van der Waals surface area contributed by atoms with Crippen molar-refractivity contribution in [3.8, 4) is 5.75 Å². The molecule has 0 spiro atoms. The van der Waals surface area contributed by atoms with Crippen LogP contribution in [0.3, 0.4) is 0 Å². The third-order valence-corrected chi connectivity index (χ3v) is 3.51. The van der Waals surface area contributed by atoms with Crippen molar-refractivity contribution in [3.05, 3.63) is 61.2 Å². The van der Waals surface area contributed by atoms with Gasteiger partial charge in [0.25, 0.3) is 10.1 Å². The molecule has 2 aromatic carbocycles. The fourth-order valence-electron chi connectivity index (χ4n) is 1.54. The smallest absolute Gasteiger partial charge is 0.335 e. The number of nitrogens with zero attached hydrogens (tertiary/aromatic N) is 2. The van der Waals surface area contributed by atoms with E-state index < -0.39 is 16.1 Å². The minimum atomic E-state index is -4.22. The Morgan fingerprint density at radius 1 is 1.00 bits per heavy atom. The molecule has 0 amide bonds. The van der Waals surface area contributed by atoms with E-state index >= 15 is 0 Å². The molecule has 7 nitrogen and oxygen atoms in total. The highest BCUT2D eigenvalue weighted by atomic mass is 32.2. The van der Waals surface area contributed by atoms with Gasteiger partial charge in [-0.15, -0.1) is 0 Å². The predicted octanol–water partition coefficient (Wildman–Crippen LogP) is 3.44. The maximum atomic E-state index is 11.0. The second kappa shape index (κ2) is 6.95. The summed E-state index contributed by atoms with van der Waals surface area (Å²) in [7, 11) is -4.22. The van der Waals surface area contributed by atoms with E-state index in [9.17, 15) is 13.2 Å². The molecule has 0 saturated heterocycles. The zero-order chi connectivity index (χ0) is 16.9. The minimum absolute atomic E-state index is 0.218. The van der Waals surface area contributed by atoms with Gasteiger partial charge in [-0.2, -0.15) is 18.6 Å². The van der Waals surface area contributed by atoms with Gasteiger partial charge >= 0.3 is 5.97 Å². The maximum Gasteiger partial charge on any atom is 0.335 e. The molecule has 0 aromatic heterocycles. The van der Waals surface area contributed by atoms with Gasteiger partial charge in [0, 0.05) is 6.08 Å². The normalized spacial score (nSPS) is 11.3. The number of hydrogen-bond donors (Lipinski definition) is 1. The fraction of sp³-hybridized carbons (Fsp3) is 0. The van der Waals surface area contributed by atoms with Gasteiger partial charge in [-0.25, -0.2) is 4.79 Å². The molecular formula is C15H12N2O5S. The Labute approximate surface area is 132 Å². The number of esters is 1. The van der Waals surface area contributed by atoms with Gasteiger partial charge in [0.2, 0.25) is 0 Å².